The molecule has 0 aromatic carbocycles. The second-order valence-corrected chi connectivity index (χ2v) is 6.48. The lowest BCUT2D eigenvalue weighted by atomic mass is 9.93. The summed E-state index contributed by atoms with van der Waals surface area (Å²) in [7, 11) is 0. The van der Waals surface area contributed by atoms with Crippen LogP contribution in [0.4, 0.5) is 0 Å². The lowest BCUT2D eigenvalue weighted by Crippen LogP contribution is -2.65. The number of piperazine rings is 1. The van der Waals surface area contributed by atoms with E-state index in [-0.39, 0.29) is 24.3 Å². The highest BCUT2D eigenvalue weighted by molar-refractivity contribution is 6.06. The molecule has 0 unspecified atom stereocenters. The normalized spacial score (nSPS) is 24.2. The number of nitrogens with one attached hydrogen (secondary N) is 1. The molecule has 20 heavy (non-hydrogen) atoms. The van der Waals surface area contributed by atoms with Gasteiger partial charge in [-0.3, -0.25) is 19.7 Å². The fourth-order valence-corrected chi connectivity index (χ4v) is 3.11. The van der Waals surface area contributed by atoms with E-state index in [2.05, 4.69) is 5.32 Å². The van der Waals surface area contributed by atoms with Crippen LogP contribution in [0.25, 0.3) is 0 Å². The maximum absolute atomic E-state index is 12.5. The molecule has 0 atom stereocenters. The van der Waals surface area contributed by atoms with Crippen LogP contribution in [-0.2, 0) is 14.4 Å². The molecular weight excluding hydrogens is 256 g/mol. The maximum Gasteiger partial charge on any atom is 0.252 e. The summed E-state index contributed by atoms with van der Waals surface area (Å²) < 4.78 is 0. The van der Waals surface area contributed by atoms with Crippen molar-refractivity contribution in [3.8, 4) is 0 Å². The van der Waals surface area contributed by atoms with Crippen molar-refractivity contribution < 1.29 is 14.4 Å². The molecule has 3 amide bonds. The Hall–Kier alpha value is -1.39. The molecule has 1 aliphatic heterocycles. The van der Waals surface area contributed by atoms with Crippen molar-refractivity contribution in [3.63, 3.8) is 0 Å². The fraction of sp³-hybridized carbons (Fsp3) is 0.800. The summed E-state index contributed by atoms with van der Waals surface area (Å²) in [5, 5.41) is 2.30. The lowest BCUT2D eigenvalue weighted by molar-refractivity contribution is -0.156. The molecule has 0 aromatic rings. The zero-order chi connectivity index (χ0) is 14.8. The molecule has 1 N–H and O–H groups in total. The molecule has 1 saturated heterocycles. The van der Waals surface area contributed by atoms with Crippen LogP contribution in [-0.4, -0.2) is 34.7 Å². The number of amides is 3. The van der Waals surface area contributed by atoms with E-state index in [4.69, 9.17) is 0 Å². The van der Waals surface area contributed by atoms with Crippen LogP contribution < -0.4 is 5.32 Å². The molecule has 5 heteroatoms. The first kappa shape index (κ1) is 15.0. The standard InChI is InChI=1S/C15H24N2O3/c1-15(2)14(20)16-12(18)10-17(15)13(19)9-11-7-5-3-4-6-8-11/h11H,3-10H2,1-2H3,(H,16,18,20). The molecule has 0 aromatic heterocycles. The summed E-state index contributed by atoms with van der Waals surface area (Å²) in [5.74, 6) is -0.433. The first-order valence-corrected chi connectivity index (χ1v) is 7.56. The Morgan fingerprint density at radius 3 is 2.40 bits per heavy atom. The number of rotatable bonds is 2. The Balaban J connectivity index is 2.02. The largest absolute Gasteiger partial charge is 0.319 e. The van der Waals surface area contributed by atoms with Crippen LogP contribution in [0.15, 0.2) is 0 Å². The van der Waals surface area contributed by atoms with Crippen LogP contribution in [0.2, 0.25) is 0 Å². The molecule has 1 aliphatic carbocycles. The van der Waals surface area contributed by atoms with Crippen LogP contribution in [0, 0.1) is 5.92 Å². The van der Waals surface area contributed by atoms with E-state index >= 15 is 0 Å². The molecule has 2 rings (SSSR count). The summed E-state index contributed by atoms with van der Waals surface area (Å²) >= 11 is 0. The summed E-state index contributed by atoms with van der Waals surface area (Å²) in [6.45, 7) is 3.38. The minimum Gasteiger partial charge on any atom is -0.319 e. The van der Waals surface area contributed by atoms with Gasteiger partial charge in [0.1, 0.15) is 12.1 Å². The lowest BCUT2D eigenvalue weighted by Gasteiger charge is -2.40. The SMILES string of the molecule is CC1(C)C(=O)NC(=O)CN1C(=O)CC1CCCCCC1. The van der Waals surface area contributed by atoms with Gasteiger partial charge in [0.25, 0.3) is 5.91 Å². The first-order chi connectivity index (χ1) is 9.41. The molecule has 1 saturated carbocycles. The van der Waals surface area contributed by atoms with Gasteiger partial charge < -0.3 is 4.90 Å². The van der Waals surface area contributed by atoms with Gasteiger partial charge in [-0.25, -0.2) is 0 Å². The van der Waals surface area contributed by atoms with E-state index in [0.717, 1.165) is 12.8 Å². The van der Waals surface area contributed by atoms with Gasteiger partial charge >= 0.3 is 0 Å². The van der Waals surface area contributed by atoms with Crippen molar-refractivity contribution in [1.29, 1.82) is 0 Å². The van der Waals surface area contributed by atoms with Crippen molar-refractivity contribution in [2.75, 3.05) is 6.54 Å². The van der Waals surface area contributed by atoms with E-state index in [1.165, 1.54) is 30.6 Å². The Bertz CT molecular complexity index is 409. The molecule has 0 bridgehead atoms. The smallest absolute Gasteiger partial charge is 0.252 e. The Labute approximate surface area is 120 Å². The number of carbonyl (C=O) groups is 3. The maximum atomic E-state index is 12.5. The summed E-state index contributed by atoms with van der Waals surface area (Å²) in [5.41, 5.74) is -0.935. The highest BCUT2D eigenvalue weighted by Gasteiger charge is 2.43. The van der Waals surface area contributed by atoms with E-state index in [9.17, 15) is 14.4 Å². The highest BCUT2D eigenvalue weighted by atomic mass is 16.2. The van der Waals surface area contributed by atoms with Gasteiger partial charge in [0.05, 0.1) is 0 Å². The van der Waals surface area contributed by atoms with Gasteiger partial charge in [-0.05, 0) is 32.6 Å². The van der Waals surface area contributed by atoms with Gasteiger partial charge in [-0.2, -0.15) is 0 Å². The fourth-order valence-electron chi connectivity index (χ4n) is 3.11. The van der Waals surface area contributed by atoms with E-state index < -0.39 is 5.54 Å². The zero-order valence-corrected chi connectivity index (χ0v) is 12.4. The van der Waals surface area contributed by atoms with E-state index in [0.29, 0.717) is 12.3 Å². The molecule has 5 nitrogen and oxygen atoms in total. The van der Waals surface area contributed by atoms with Crippen molar-refractivity contribution in [2.45, 2.75) is 64.3 Å². The van der Waals surface area contributed by atoms with Crippen LogP contribution >= 0.6 is 0 Å². The second-order valence-electron chi connectivity index (χ2n) is 6.48. The summed E-state index contributed by atoms with van der Waals surface area (Å²) in [6.07, 6.45) is 7.49. The van der Waals surface area contributed by atoms with E-state index in [1.54, 1.807) is 13.8 Å². The highest BCUT2D eigenvalue weighted by Crippen LogP contribution is 2.28. The number of carbonyl (C=O) groups excluding carboxylic acids is 3. The topological polar surface area (TPSA) is 66.5 Å². The van der Waals surface area contributed by atoms with Gasteiger partial charge in [-0.15, -0.1) is 0 Å². The Morgan fingerprint density at radius 1 is 1.20 bits per heavy atom. The summed E-state index contributed by atoms with van der Waals surface area (Å²) in [4.78, 5) is 37.3. The third kappa shape index (κ3) is 3.19. The van der Waals surface area contributed by atoms with Crippen molar-refractivity contribution in [1.82, 2.24) is 10.2 Å². The van der Waals surface area contributed by atoms with Gasteiger partial charge in [0.15, 0.2) is 0 Å². The van der Waals surface area contributed by atoms with Gasteiger partial charge in [0, 0.05) is 6.42 Å². The number of hydrogen-bond donors (Lipinski definition) is 1. The van der Waals surface area contributed by atoms with Crippen LogP contribution in [0.5, 0.6) is 0 Å². The predicted molar refractivity (Wildman–Crippen MR) is 74.8 cm³/mol. The van der Waals surface area contributed by atoms with Crippen molar-refractivity contribution >= 4 is 17.7 Å². The predicted octanol–water partition coefficient (Wildman–Crippen LogP) is 1.61. The number of hydrogen-bond acceptors (Lipinski definition) is 3. The molecule has 1 heterocycles. The minimum atomic E-state index is -0.935. The molecule has 2 fully saturated rings. The second kappa shape index (κ2) is 5.94. The van der Waals surface area contributed by atoms with Crippen LogP contribution in [0.1, 0.15) is 58.8 Å². The molecule has 112 valence electrons. The quantitative estimate of drug-likeness (QED) is 0.617. The average molecular weight is 280 g/mol. The Kier molecular flexibility index (Phi) is 4.45. The third-order valence-electron chi connectivity index (χ3n) is 4.52. The molecular formula is C15H24N2O3. The van der Waals surface area contributed by atoms with Gasteiger partial charge in [0.2, 0.25) is 11.8 Å². The first-order valence-electron chi connectivity index (χ1n) is 7.56. The zero-order valence-electron chi connectivity index (χ0n) is 12.4. The molecule has 0 radical (unpaired) electrons. The summed E-state index contributed by atoms with van der Waals surface area (Å²) in [6, 6.07) is 0. The van der Waals surface area contributed by atoms with Crippen molar-refractivity contribution in [2.24, 2.45) is 5.92 Å². The van der Waals surface area contributed by atoms with E-state index in [1.807, 2.05) is 0 Å². The Morgan fingerprint density at radius 2 is 1.80 bits per heavy atom. The monoisotopic (exact) mass is 280 g/mol. The third-order valence-corrected chi connectivity index (χ3v) is 4.52. The number of nitrogens with zero attached hydrogens (tertiary/aromatic N) is 1. The van der Waals surface area contributed by atoms with Crippen LogP contribution in [0.3, 0.4) is 0 Å². The van der Waals surface area contributed by atoms with Crippen molar-refractivity contribution in [3.05, 3.63) is 0 Å². The average Bonchev–Trinajstić information content (AvgIpc) is 2.62. The van der Waals surface area contributed by atoms with Gasteiger partial charge in [-0.1, -0.05) is 25.7 Å². The number of imide groups is 1. The molecule has 2 aliphatic rings. The minimum absolute atomic E-state index is 0.00963. The molecule has 0 spiro atoms.